The molecule has 4 rings (SSSR count). The number of nitrogens with zero attached hydrogens (tertiary/aromatic N) is 2. The minimum Gasteiger partial charge on any atom is -0.378 e. The van der Waals surface area contributed by atoms with Gasteiger partial charge < -0.3 is 15.0 Å². The summed E-state index contributed by atoms with van der Waals surface area (Å²) in [4.78, 5) is 19.1. The number of benzene rings is 2. The van der Waals surface area contributed by atoms with Gasteiger partial charge in [-0.05, 0) is 42.5 Å². The Bertz CT molecular complexity index is 904. The summed E-state index contributed by atoms with van der Waals surface area (Å²) in [7, 11) is 0. The lowest BCUT2D eigenvalue weighted by molar-refractivity contribution is 0.102. The summed E-state index contributed by atoms with van der Waals surface area (Å²) in [5, 5.41) is 3.94. The SMILES string of the molecule is O=C(Nc1ccc(N2CCOCC2)cc1)c1nc2cc(Cl)ccc2s1. The van der Waals surface area contributed by atoms with E-state index in [4.69, 9.17) is 16.3 Å². The number of carbonyl (C=O) groups excluding carboxylic acids is 1. The molecule has 3 aromatic rings. The molecule has 128 valence electrons. The van der Waals surface area contributed by atoms with Gasteiger partial charge in [-0.15, -0.1) is 11.3 Å². The van der Waals surface area contributed by atoms with Crippen molar-refractivity contribution in [3.8, 4) is 0 Å². The molecule has 5 nitrogen and oxygen atoms in total. The number of hydrogen-bond acceptors (Lipinski definition) is 5. The van der Waals surface area contributed by atoms with Gasteiger partial charge in [0.05, 0.1) is 23.4 Å². The van der Waals surface area contributed by atoms with Crippen molar-refractivity contribution in [3.63, 3.8) is 0 Å². The predicted molar refractivity (Wildman–Crippen MR) is 102 cm³/mol. The fourth-order valence-electron chi connectivity index (χ4n) is 2.76. The first-order valence-electron chi connectivity index (χ1n) is 7.99. The van der Waals surface area contributed by atoms with E-state index in [1.54, 1.807) is 12.1 Å². The molecule has 0 radical (unpaired) electrons. The summed E-state index contributed by atoms with van der Waals surface area (Å²) in [5.41, 5.74) is 2.63. The molecule has 1 aromatic heterocycles. The van der Waals surface area contributed by atoms with Crippen LogP contribution in [0.5, 0.6) is 0 Å². The van der Waals surface area contributed by atoms with E-state index in [1.807, 2.05) is 30.3 Å². The minimum absolute atomic E-state index is 0.212. The second-order valence-electron chi connectivity index (χ2n) is 5.73. The van der Waals surface area contributed by atoms with Crippen LogP contribution in [-0.2, 0) is 4.74 Å². The third-order valence-corrected chi connectivity index (χ3v) is 5.32. The average Bonchev–Trinajstić information content (AvgIpc) is 3.06. The summed E-state index contributed by atoms with van der Waals surface area (Å²) >= 11 is 7.32. The summed E-state index contributed by atoms with van der Waals surface area (Å²) < 4.78 is 6.31. The molecule has 0 aliphatic carbocycles. The molecular weight excluding hydrogens is 358 g/mol. The Morgan fingerprint density at radius 2 is 1.92 bits per heavy atom. The Labute approximate surface area is 154 Å². The number of thiazole rings is 1. The maximum absolute atomic E-state index is 12.4. The predicted octanol–water partition coefficient (Wildman–Crippen LogP) is 4.04. The molecule has 1 aliphatic rings. The third-order valence-electron chi connectivity index (χ3n) is 4.05. The van der Waals surface area contributed by atoms with Crippen LogP contribution in [0.25, 0.3) is 10.2 Å². The van der Waals surface area contributed by atoms with E-state index in [-0.39, 0.29) is 5.91 Å². The molecule has 0 atom stereocenters. The van der Waals surface area contributed by atoms with Crippen LogP contribution in [0.15, 0.2) is 42.5 Å². The number of amides is 1. The molecule has 1 aliphatic heterocycles. The zero-order valence-electron chi connectivity index (χ0n) is 13.4. The van der Waals surface area contributed by atoms with Crippen LogP contribution < -0.4 is 10.2 Å². The molecular formula is C18H16ClN3O2S. The van der Waals surface area contributed by atoms with Crippen LogP contribution in [0.4, 0.5) is 11.4 Å². The summed E-state index contributed by atoms with van der Waals surface area (Å²) in [5.74, 6) is -0.212. The van der Waals surface area contributed by atoms with Crippen molar-refractivity contribution in [1.82, 2.24) is 4.98 Å². The molecule has 7 heteroatoms. The molecule has 2 heterocycles. The molecule has 25 heavy (non-hydrogen) atoms. The fourth-order valence-corrected chi connectivity index (χ4v) is 3.77. The zero-order valence-corrected chi connectivity index (χ0v) is 14.9. The first-order valence-corrected chi connectivity index (χ1v) is 9.19. The van der Waals surface area contributed by atoms with Crippen molar-refractivity contribution in [1.29, 1.82) is 0 Å². The van der Waals surface area contributed by atoms with Crippen LogP contribution in [0.3, 0.4) is 0 Å². The minimum atomic E-state index is -0.212. The van der Waals surface area contributed by atoms with Gasteiger partial charge in [-0.2, -0.15) is 0 Å². The van der Waals surface area contributed by atoms with E-state index < -0.39 is 0 Å². The molecule has 0 unspecified atom stereocenters. The first-order chi connectivity index (χ1) is 12.2. The number of carbonyl (C=O) groups is 1. The third kappa shape index (κ3) is 3.61. The Morgan fingerprint density at radius 3 is 2.68 bits per heavy atom. The molecule has 1 amide bonds. The maximum atomic E-state index is 12.4. The fraction of sp³-hybridized carbons (Fsp3) is 0.222. The Hall–Kier alpha value is -2.15. The van der Waals surface area contributed by atoms with Gasteiger partial charge in [-0.25, -0.2) is 4.98 Å². The van der Waals surface area contributed by atoms with Crippen molar-refractivity contribution < 1.29 is 9.53 Å². The molecule has 0 saturated carbocycles. The second kappa shape index (κ2) is 7.00. The van der Waals surface area contributed by atoms with Crippen LogP contribution in [0.1, 0.15) is 9.80 Å². The maximum Gasteiger partial charge on any atom is 0.284 e. The van der Waals surface area contributed by atoms with Gasteiger partial charge in [0, 0.05) is 29.5 Å². The van der Waals surface area contributed by atoms with Crippen molar-refractivity contribution in [2.45, 2.75) is 0 Å². The van der Waals surface area contributed by atoms with Gasteiger partial charge in [0.1, 0.15) is 0 Å². The van der Waals surface area contributed by atoms with Crippen LogP contribution in [0.2, 0.25) is 5.02 Å². The number of anilines is 2. The van der Waals surface area contributed by atoms with E-state index in [0.29, 0.717) is 10.0 Å². The van der Waals surface area contributed by atoms with Crippen molar-refractivity contribution in [2.24, 2.45) is 0 Å². The number of hydrogen-bond donors (Lipinski definition) is 1. The summed E-state index contributed by atoms with van der Waals surface area (Å²) in [6, 6.07) is 13.3. The average molecular weight is 374 g/mol. The number of morpholine rings is 1. The van der Waals surface area contributed by atoms with Crippen LogP contribution >= 0.6 is 22.9 Å². The lowest BCUT2D eigenvalue weighted by Crippen LogP contribution is -2.36. The largest absolute Gasteiger partial charge is 0.378 e. The van der Waals surface area contributed by atoms with E-state index >= 15 is 0 Å². The van der Waals surface area contributed by atoms with E-state index in [0.717, 1.165) is 47.9 Å². The summed E-state index contributed by atoms with van der Waals surface area (Å²) in [6.45, 7) is 3.28. The van der Waals surface area contributed by atoms with Gasteiger partial charge in [0.15, 0.2) is 5.01 Å². The van der Waals surface area contributed by atoms with Crippen LogP contribution in [-0.4, -0.2) is 37.2 Å². The Morgan fingerprint density at radius 1 is 1.16 bits per heavy atom. The molecule has 1 N–H and O–H groups in total. The highest BCUT2D eigenvalue weighted by atomic mass is 35.5. The highest BCUT2D eigenvalue weighted by Crippen LogP contribution is 2.26. The highest BCUT2D eigenvalue weighted by molar-refractivity contribution is 7.20. The number of aromatic nitrogens is 1. The smallest absolute Gasteiger partial charge is 0.284 e. The lowest BCUT2D eigenvalue weighted by atomic mass is 10.2. The van der Waals surface area contributed by atoms with Crippen molar-refractivity contribution >= 4 is 50.4 Å². The van der Waals surface area contributed by atoms with E-state index in [2.05, 4.69) is 15.2 Å². The summed E-state index contributed by atoms with van der Waals surface area (Å²) in [6.07, 6.45) is 0. The standard InChI is InChI=1S/C18H16ClN3O2S/c19-12-1-6-16-15(11-12)21-18(25-16)17(23)20-13-2-4-14(5-3-13)22-7-9-24-10-8-22/h1-6,11H,7-10H2,(H,20,23). The number of halogens is 1. The monoisotopic (exact) mass is 373 g/mol. The van der Waals surface area contributed by atoms with E-state index in [1.165, 1.54) is 11.3 Å². The molecule has 0 spiro atoms. The highest BCUT2D eigenvalue weighted by Gasteiger charge is 2.14. The van der Waals surface area contributed by atoms with Gasteiger partial charge >= 0.3 is 0 Å². The van der Waals surface area contributed by atoms with Gasteiger partial charge in [-0.1, -0.05) is 11.6 Å². The van der Waals surface area contributed by atoms with Crippen molar-refractivity contribution in [3.05, 3.63) is 52.5 Å². The molecule has 2 aromatic carbocycles. The molecule has 0 bridgehead atoms. The topological polar surface area (TPSA) is 54.5 Å². The lowest BCUT2D eigenvalue weighted by Gasteiger charge is -2.28. The normalized spacial score (nSPS) is 14.7. The van der Waals surface area contributed by atoms with Gasteiger partial charge in [0.25, 0.3) is 5.91 Å². The molecule has 1 fully saturated rings. The Balaban J connectivity index is 1.47. The zero-order chi connectivity index (χ0) is 17.2. The number of ether oxygens (including phenoxy) is 1. The van der Waals surface area contributed by atoms with E-state index in [9.17, 15) is 4.79 Å². The second-order valence-corrected chi connectivity index (χ2v) is 7.20. The van der Waals surface area contributed by atoms with Crippen molar-refractivity contribution in [2.75, 3.05) is 36.5 Å². The number of nitrogens with one attached hydrogen (secondary N) is 1. The molecule has 1 saturated heterocycles. The number of rotatable bonds is 3. The van der Waals surface area contributed by atoms with Gasteiger partial charge in [-0.3, -0.25) is 4.79 Å². The van der Waals surface area contributed by atoms with Crippen LogP contribution in [0, 0.1) is 0 Å². The number of fused-ring (bicyclic) bond motifs is 1. The quantitative estimate of drug-likeness (QED) is 0.752. The Kier molecular flexibility index (Phi) is 4.57. The van der Waals surface area contributed by atoms with Gasteiger partial charge in [0.2, 0.25) is 0 Å². The first kappa shape index (κ1) is 16.3.